The lowest BCUT2D eigenvalue weighted by atomic mass is 9.90. The van der Waals surface area contributed by atoms with Crippen molar-refractivity contribution >= 4 is 11.8 Å². The van der Waals surface area contributed by atoms with E-state index >= 15 is 0 Å². The molecule has 1 atom stereocenters. The van der Waals surface area contributed by atoms with Gasteiger partial charge in [0.2, 0.25) is 5.91 Å². The first-order chi connectivity index (χ1) is 12.3. The van der Waals surface area contributed by atoms with Gasteiger partial charge < -0.3 is 5.32 Å². The standard InChI is InChI=1S/C19H26FN3O3/c1-4-16-9-17-15(7-14(8-18(17)20)19(25)22-26)11-23(16)10-12(2)5-6-21-13(3)24/h7-8,16,26H,2,4-6,9-11H2,1,3H3,(H,21,24)(H,22,25). The fourth-order valence-corrected chi connectivity index (χ4v) is 3.34. The second-order valence-corrected chi connectivity index (χ2v) is 6.69. The summed E-state index contributed by atoms with van der Waals surface area (Å²) >= 11 is 0. The number of hydrogen-bond donors (Lipinski definition) is 3. The molecule has 0 bridgehead atoms. The quantitative estimate of drug-likeness (QED) is 0.394. The maximum Gasteiger partial charge on any atom is 0.274 e. The average Bonchev–Trinajstić information content (AvgIpc) is 2.60. The van der Waals surface area contributed by atoms with Crippen LogP contribution in [-0.2, 0) is 17.8 Å². The van der Waals surface area contributed by atoms with Crippen molar-refractivity contribution < 1.29 is 19.2 Å². The average molecular weight is 363 g/mol. The minimum atomic E-state index is -0.726. The summed E-state index contributed by atoms with van der Waals surface area (Å²) < 4.78 is 14.4. The van der Waals surface area contributed by atoms with Crippen LogP contribution < -0.4 is 10.8 Å². The molecule has 0 spiro atoms. The summed E-state index contributed by atoms with van der Waals surface area (Å²) in [5.74, 6) is -1.21. The highest BCUT2D eigenvalue weighted by Crippen LogP contribution is 2.29. The molecule has 26 heavy (non-hydrogen) atoms. The molecule has 1 aliphatic heterocycles. The third kappa shape index (κ3) is 4.89. The maximum atomic E-state index is 14.4. The zero-order valence-corrected chi connectivity index (χ0v) is 15.3. The van der Waals surface area contributed by atoms with E-state index < -0.39 is 11.7 Å². The minimum absolute atomic E-state index is 0.0682. The summed E-state index contributed by atoms with van der Waals surface area (Å²) in [4.78, 5) is 24.8. The minimum Gasteiger partial charge on any atom is -0.356 e. The molecule has 0 radical (unpaired) electrons. The van der Waals surface area contributed by atoms with Gasteiger partial charge in [0.05, 0.1) is 0 Å². The topological polar surface area (TPSA) is 81.7 Å². The van der Waals surface area contributed by atoms with Gasteiger partial charge in [0.25, 0.3) is 5.91 Å². The SMILES string of the molecule is C=C(CCNC(C)=O)CN1Cc2cc(C(=O)NO)cc(F)c2CC1CC. The van der Waals surface area contributed by atoms with Crippen molar-refractivity contribution in [2.75, 3.05) is 13.1 Å². The molecule has 2 amide bonds. The monoisotopic (exact) mass is 363 g/mol. The Morgan fingerprint density at radius 2 is 2.15 bits per heavy atom. The third-order valence-corrected chi connectivity index (χ3v) is 4.73. The number of hydrogen-bond acceptors (Lipinski definition) is 4. The Morgan fingerprint density at radius 1 is 1.42 bits per heavy atom. The predicted molar refractivity (Wildman–Crippen MR) is 96.3 cm³/mol. The predicted octanol–water partition coefficient (Wildman–Crippen LogP) is 2.16. The largest absolute Gasteiger partial charge is 0.356 e. The molecule has 0 fully saturated rings. The fraction of sp³-hybridized carbons (Fsp3) is 0.474. The van der Waals surface area contributed by atoms with Crippen LogP contribution in [0.15, 0.2) is 24.3 Å². The van der Waals surface area contributed by atoms with Crippen LogP contribution in [0.2, 0.25) is 0 Å². The lowest BCUT2D eigenvalue weighted by molar-refractivity contribution is -0.118. The number of nitrogens with one attached hydrogen (secondary N) is 2. The van der Waals surface area contributed by atoms with Crippen molar-refractivity contribution in [3.63, 3.8) is 0 Å². The third-order valence-electron chi connectivity index (χ3n) is 4.73. The number of rotatable bonds is 7. The van der Waals surface area contributed by atoms with Crippen molar-refractivity contribution in [3.05, 3.63) is 46.8 Å². The number of hydroxylamine groups is 1. The highest BCUT2D eigenvalue weighted by atomic mass is 19.1. The summed E-state index contributed by atoms with van der Waals surface area (Å²) in [6, 6.07) is 2.98. The molecule has 2 rings (SSSR count). The van der Waals surface area contributed by atoms with Crippen LogP contribution in [0, 0.1) is 5.82 Å². The summed E-state index contributed by atoms with van der Waals surface area (Å²) in [5.41, 5.74) is 4.02. The number of carbonyl (C=O) groups excluding carboxylic acids is 2. The Balaban J connectivity index is 2.13. The van der Waals surface area contributed by atoms with E-state index in [0.29, 0.717) is 38.0 Å². The van der Waals surface area contributed by atoms with Crippen LogP contribution in [-0.4, -0.2) is 41.1 Å². The molecule has 0 aliphatic carbocycles. The number of carbonyl (C=O) groups is 2. The van der Waals surface area contributed by atoms with Crippen LogP contribution in [0.25, 0.3) is 0 Å². The van der Waals surface area contributed by atoms with Crippen molar-refractivity contribution in [3.8, 4) is 0 Å². The normalized spacial score (nSPS) is 16.7. The van der Waals surface area contributed by atoms with E-state index in [1.54, 1.807) is 11.5 Å². The Morgan fingerprint density at radius 3 is 2.77 bits per heavy atom. The second-order valence-electron chi connectivity index (χ2n) is 6.69. The van der Waals surface area contributed by atoms with Gasteiger partial charge >= 0.3 is 0 Å². The zero-order chi connectivity index (χ0) is 19.3. The summed E-state index contributed by atoms with van der Waals surface area (Å²) in [7, 11) is 0. The van der Waals surface area contributed by atoms with E-state index in [-0.39, 0.29) is 17.5 Å². The summed E-state index contributed by atoms with van der Waals surface area (Å²) in [5, 5.41) is 11.5. The number of amides is 2. The molecule has 1 aromatic carbocycles. The van der Waals surface area contributed by atoms with Gasteiger partial charge in [-0.2, -0.15) is 0 Å². The molecular weight excluding hydrogens is 337 g/mol. The molecule has 7 heteroatoms. The van der Waals surface area contributed by atoms with Gasteiger partial charge in [0.1, 0.15) is 5.82 Å². The van der Waals surface area contributed by atoms with Crippen LogP contribution in [0.3, 0.4) is 0 Å². The van der Waals surface area contributed by atoms with E-state index in [1.807, 2.05) is 0 Å². The van der Waals surface area contributed by atoms with Gasteiger partial charge in [0.15, 0.2) is 0 Å². The van der Waals surface area contributed by atoms with E-state index in [2.05, 4.69) is 23.7 Å². The molecule has 142 valence electrons. The Kier molecular flexibility index (Phi) is 6.88. The van der Waals surface area contributed by atoms with E-state index in [1.165, 1.54) is 13.0 Å². The van der Waals surface area contributed by atoms with Gasteiger partial charge in [-0.05, 0) is 42.5 Å². The molecule has 1 heterocycles. The lowest BCUT2D eigenvalue weighted by Gasteiger charge is -2.37. The van der Waals surface area contributed by atoms with E-state index in [9.17, 15) is 14.0 Å². The second kappa shape index (κ2) is 8.91. The molecule has 1 aliphatic rings. The van der Waals surface area contributed by atoms with Gasteiger partial charge in [-0.1, -0.05) is 19.1 Å². The van der Waals surface area contributed by atoms with Crippen LogP contribution in [0.4, 0.5) is 4.39 Å². The highest BCUT2D eigenvalue weighted by molar-refractivity contribution is 5.93. The summed E-state index contributed by atoms with van der Waals surface area (Å²) in [6.45, 7) is 9.33. The Bertz CT molecular complexity index is 706. The molecular formula is C19H26FN3O3. The number of benzene rings is 1. The van der Waals surface area contributed by atoms with Crippen LogP contribution in [0.1, 0.15) is 48.2 Å². The van der Waals surface area contributed by atoms with Gasteiger partial charge in [-0.15, -0.1) is 0 Å². The van der Waals surface area contributed by atoms with E-state index in [4.69, 9.17) is 5.21 Å². The number of fused-ring (bicyclic) bond motifs is 1. The molecule has 1 aromatic rings. The molecule has 1 unspecified atom stereocenters. The molecule has 0 saturated carbocycles. The lowest BCUT2D eigenvalue weighted by Crippen LogP contribution is -2.41. The first kappa shape index (κ1) is 20.1. The smallest absolute Gasteiger partial charge is 0.274 e. The summed E-state index contributed by atoms with van der Waals surface area (Å²) in [6.07, 6.45) is 2.12. The van der Waals surface area contributed by atoms with Gasteiger partial charge in [0, 0.05) is 38.2 Å². The van der Waals surface area contributed by atoms with Gasteiger partial charge in [-0.3, -0.25) is 19.7 Å². The highest BCUT2D eigenvalue weighted by Gasteiger charge is 2.28. The first-order valence-electron chi connectivity index (χ1n) is 8.76. The van der Waals surface area contributed by atoms with Gasteiger partial charge in [-0.25, -0.2) is 9.87 Å². The molecule has 3 N–H and O–H groups in total. The Labute approximate surface area is 153 Å². The number of halogens is 1. The maximum absolute atomic E-state index is 14.4. The first-order valence-corrected chi connectivity index (χ1v) is 8.76. The Hall–Kier alpha value is -2.25. The van der Waals surface area contributed by atoms with Crippen LogP contribution in [0.5, 0.6) is 0 Å². The van der Waals surface area contributed by atoms with Crippen LogP contribution >= 0.6 is 0 Å². The molecule has 6 nitrogen and oxygen atoms in total. The van der Waals surface area contributed by atoms with Crippen molar-refractivity contribution in [2.45, 2.75) is 45.7 Å². The van der Waals surface area contributed by atoms with Crippen molar-refractivity contribution in [1.29, 1.82) is 0 Å². The van der Waals surface area contributed by atoms with E-state index in [0.717, 1.165) is 17.6 Å². The zero-order valence-electron chi connectivity index (χ0n) is 15.3. The van der Waals surface area contributed by atoms with Crippen molar-refractivity contribution in [1.82, 2.24) is 15.7 Å². The fourth-order valence-electron chi connectivity index (χ4n) is 3.34. The molecule has 0 saturated heterocycles. The number of nitrogens with zero attached hydrogens (tertiary/aromatic N) is 1. The molecule has 0 aromatic heterocycles. The van der Waals surface area contributed by atoms with Crippen molar-refractivity contribution in [2.24, 2.45) is 0 Å².